The van der Waals surface area contributed by atoms with Crippen LogP contribution in [0.5, 0.6) is 0 Å². The van der Waals surface area contributed by atoms with Crippen molar-refractivity contribution in [3.05, 3.63) is 23.3 Å². The number of nitrogens with zero attached hydrogens (tertiary/aromatic N) is 1. The predicted octanol–water partition coefficient (Wildman–Crippen LogP) is 1.60. The summed E-state index contributed by atoms with van der Waals surface area (Å²) >= 11 is 0. The Balaban J connectivity index is 2.01. The van der Waals surface area contributed by atoms with Crippen molar-refractivity contribution < 1.29 is 4.39 Å². The van der Waals surface area contributed by atoms with Crippen molar-refractivity contribution in [2.45, 2.75) is 31.9 Å². The normalized spacial score (nSPS) is 19.2. The second-order valence-electron chi connectivity index (χ2n) is 3.87. The Morgan fingerprint density at radius 3 is 3.20 bits per heavy atom. The molecule has 0 spiro atoms. The molecule has 2 rings (SSSR count). The Morgan fingerprint density at radius 2 is 2.40 bits per heavy atom. The van der Waals surface area contributed by atoms with Gasteiger partial charge in [-0.05, 0) is 31.5 Å². The molecule has 82 valence electrons. The number of unbranched alkanes of at least 4 members (excludes halogenated alkanes) is 1. The first-order valence-corrected chi connectivity index (χ1v) is 5.39. The number of halogens is 1. The summed E-state index contributed by atoms with van der Waals surface area (Å²) in [4.78, 5) is 7.59. The monoisotopic (exact) mass is 209 g/mol. The molecule has 1 aliphatic rings. The van der Waals surface area contributed by atoms with Crippen LogP contribution in [-0.2, 0) is 12.8 Å². The Bertz CT molecular complexity index is 357. The lowest BCUT2D eigenvalue weighted by atomic mass is 10.1. The van der Waals surface area contributed by atoms with Crippen molar-refractivity contribution in [1.82, 2.24) is 9.97 Å². The molecule has 3 nitrogen and oxygen atoms in total. The second-order valence-corrected chi connectivity index (χ2v) is 3.87. The molecule has 0 saturated heterocycles. The van der Waals surface area contributed by atoms with Gasteiger partial charge in [0.1, 0.15) is 12.0 Å². The van der Waals surface area contributed by atoms with Gasteiger partial charge in [0.2, 0.25) is 0 Å². The van der Waals surface area contributed by atoms with E-state index in [0.29, 0.717) is 13.0 Å². The number of fused-ring (bicyclic) bond motifs is 1. The van der Waals surface area contributed by atoms with Gasteiger partial charge in [0.15, 0.2) is 0 Å². The average molecular weight is 209 g/mol. The summed E-state index contributed by atoms with van der Waals surface area (Å²) in [6.07, 6.45) is 5.82. The van der Waals surface area contributed by atoms with E-state index in [4.69, 9.17) is 5.73 Å². The topological polar surface area (TPSA) is 54.7 Å². The standard InChI is InChI=1S/C11H16FN3/c12-8-4-5-9-10(7-8)15-11(14-9)3-1-2-6-13/h4-5,8H,1-3,6-7,13H2,(H,14,15). The molecule has 3 N–H and O–H groups in total. The fraction of sp³-hybridized carbons (Fsp3) is 0.545. The lowest BCUT2D eigenvalue weighted by molar-refractivity contribution is 0.394. The Hall–Kier alpha value is -1.16. The fourth-order valence-corrected chi connectivity index (χ4v) is 1.79. The maximum absolute atomic E-state index is 13.0. The van der Waals surface area contributed by atoms with E-state index in [1.54, 1.807) is 12.2 Å². The van der Waals surface area contributed by atoms with E-state index in [1.165, 1.54) is 0 Å². The minimum Gasteiger partial charge on any atom is -0.345 e. The fourth-order valence-electron chi connectivity index (χ4n) is 1.79. The van der Waals surface area contributed by atoms with Crippen molar-refractivity contribution in [2.75, 3.05) is 6.54 Å². The molecule has 1 atom stereocenters. The first kappa shape index (κ1) is 10.4. The molecule has 1 aromatic heterocycles. The molecule has 0 amide bonds. The minimum absolute atomic E-state index is 0.426. The van der Waals surface area contributed by atoms with E-state index < -0.39 is 6.17 Å². The van der Waals surface area contributed by atoms with Crippen LogP contribution in [0.4, 0.5) is 4.39 Å². The van der Waals surface area contributed by atoms with Gasteiger partial charge in [0, 0.05) is 18.5 Å². The quantitative estimate of drug-likeness (QED) is 0.740. The molecule has 0 radical (unpaired) electrons. The molecule has 1 aromatic rings. The number of aryl methyl sites for hydroxylation is 1. The number of alkyl halides is 1. The summed E-state index contributed by atoms with van der Waals surface area (Å²) in [7, 11) is 0. The molecule has 4 heteroatoms. The summed E-state index contributed by atoms with van der Waals surface area (Å²) in [6, 6.07) is 0. The number of nitrogens with one attached hydrogen (secondary N) is 1. The molecule has 0 fully saturated rings. The van der Waals surface area contributed by atoms with Crippen LogP contribution in [0.25, 0.3) is 6.08 Å². The zero-order valence-corrected chi connectivity index (χ0v) is 8.67. The number of nitrogens with two attached hydrogens (primary N) is 1. The van der Waals surface area contributed by atoms with Crippen LogP contribution in [0.2, 0.25) is 0 Å². The van der Waals surface area contributed by atoms with Crippen LogP contribution in [0.15, 0.2) is 6.08 Å². The third kappa shape index (κ3) is 2.45. The van der Waals surface area contributed by atoms with E-state index in [9.17, 15) is 4.39 Å². The molecule has 0 aromatic carbocycles. The van der Waals surface area contributed by atoms with Crippen LogP contribution >= 0.6 is 0 Å². The summed E-state index contributed by atoms with van der Waals surface area (Å²) in [5.41, 5.74) is 7.24. The summed E-state index contributed by atoms with van der Waals surface area (Å²) in [6.45, 7) is 0.715. The highest BCUT2D eigenvalue weighted by atomic mass is 19.1. The summed E-state index contributed by atoms with van der Waals surface area (Å²) in [5.74, 6) is 0.951. The van der Waals surface area contributed by atoms with Crippen molar-refractivity contribution in [1.29, 1.82) is 0 Å². The third-order valence-corrected chi connectivity index (χ3v) is 2.59. The lowest BCUT2D eigenvalue weighted by Gasteiger charge is -2.06. The van der Waals surface area contributed by atoms with Gasteiger partial charge in [-0.2, -0.15) is 0 Å². The van der Waals surface area contributed by atoms with E-state index in [0.717, 1.165) is 36.5 Å². The second kappa shape index (κ2) is 4.57. The Kier molecular flexibility index (Phi) is 3.16. The third-order valence-electron chi connectivity index (χ3n) is 2.59. The number of aromatic nitrogens is 2. The zero-order valence-electron chi connectivity index (χ0n) is 8.67. The maximum atomic E-state index is 13.0. The van der Waals surface area contributed by atoms with Crippen molar-refractivity contribution in [3.8, 4) is 0 Å². The van der Waals surface area contributed by atoms with Gasteiger partial charge >= 0.3 is 0 Å². The average Bonchev–Trinajstić information content (AvgIpc) is 2.60. The Labute approximate surface area is 88.6 Å². The zero-order chi connectivity index (χ0) is 10.7. The van der Waals surface area contributed by atoms with Gasteiger partial charge in [-0.3, -0.25) is 0 Å². The van der Waals surface area contributed by atoms with Gasteiger partial charge in [-0.15, -0.1) is 0 Å². The van der Waals surface area contributed by atoms with E-state index >= 15 is 0 Å². The van der Waals surface area contributed by atoms with Crippen LogP contribution in [0, 0.1) is 0 Å². The highest BCUT2D eigenvalue weighted by molar-refractivity contribution is 5.51. The molecule has 15 heavy (non-hydrogen) atoms. The first-order valence-electron chi connectivity index (χ1n) is 5.39. The number of aromatic amines is 1. The molecule has 1 unspecified atom stereocenters. The molecule has 0 bridgehead atoms. The number of allylic oxidation sites excluding steroid dienone is 1. The number of hydrogen-bond acceptors (Lipinski definition) is 2. The Morgan fingerprint density at radius 1 is 1.53 bits per heavy atom. The SMILES string of the molecule is NCCCCc1nc2c([nH]1)CC(F)C=C2. The number of rotatable bonds is 4. The van der Waals surface area contributed by atoms with Crippen LogP contribution in [0.1, 0.15) is 30.1 Å². The van der Waals surface area contributed by atoms with Gasteiger partial charge in [-0.1, -0.05) is 0 Å². The van der Waals surface area contributed by atoms with Crippen molar-refractivity contribution in [2.24, 2.45) is 5.73 Å². The lowest BCUT2D eigenvalue weighted by Crippen LogP contribution is -2.06. The highest BCUT2D eigenvalue weighted by Gasteiger charge is 2.16. The van der Waals surface area contributed by atoms with Gasteiger partial charge in [0.05, 0.1) is 5.69 Å². The van der Waals surface area contributed by atoms with Gasteiger partial charge in [0.25, 0.3) is 0 Å². The van der Waals surface area contributed by atoms with Gasteiger partial charge < -0.3 is 10.7 Å². The summed E-state index contributed by atoms with van der Waals surface area (Å²) in [5, 5.41) is 0. The smallest absolute Gasteiger partial charge is 0.124 e. The van der Waals surface area contributed by atoms with E-state index in [2.05, 4.69) is 9.97 Å². The number of hydrogen-bond donors (Lipinski definition) is 2. The van der Waals surface area contributed by atoms with Crippen molar-refractivity contribution >= 4 is 6.08 Å². The highest BCUT2D eigenvalue weighted by Crippen LogP contribution is 2.19. The first-order chi connectivity index (χ1) is 7.29. The number of H-pyrrole nitrogens is 1. The largest absolute Gasteiger partial charge is 0.345 e. The van der Waals surface area contributed by atoms with Crippen molar-refractivity contribution in [3.63, 3.8) is 0 Å². The maximum Gasteiger partial charge on any atom is 0.124 e. The molecule has 1 aliphatic carbocycles. The van der Waals surface area contributed by atoms with Crippen LogP contribution in [-0.4, -0.2) is 22.7 Å². The minimum atomic E-state index is -0.866. The van der Waals surface area contributed by atoms with E-state index in [-0.39, 0.29) is 0 Å². The van der Waals surface area contributed by atoms with E-state index in [1.807, 2.05) is 0 Å². The molecular weight excluding hydrogens is 193 g/mol. The predicted molar refractivity (Wildman–Crippen MR) is 58.2 cm³/mol. The molecular formula is C11H16FN3. The van der Waals surface area contributed by atoms with Crippen LogP contribution < -0.4 is 5.73 Å². The molecule has 1 heterocycles. The summed E-state index contributed by atoms with van der Waals surface area (Å²) < 4.78 is 13.0. The van der Waals surface area contributed by atoms with Gasteiger partial charge in [-0.25, -0.2) is 9.37 Å². The molecule has 0 saturated carbocycles. The molecule has 0 aliphatic heterocycles. The van der Waals surface area contributed by atoms with Crippen LogP contribution in [0.3, 0.4) is 0 Å². The number of imidazole rings is 1.